The van der Waals surface area contributed by atoms with Crippen LogP contribution in [0.2, 0.25) is 0 Å². The third-order valence-corrected chi connectivity index (χ3v) is 0.845. The van der Waals surface area contributed by atoms with Crippen molar-refractivity contribution in [2.75, 3.05) is 0 Å². The molecule has 3 nitrogen and oxygen atoms in total. The SMILES string of the molecule is CC[n+]1cnc[nH]1.[I-]. The summed E-state index contributed by atoms with van der Waals surface area (Å²) in [6, 6.07) is 0. The number of rotatable bonds is 1. The molecule has 1 aromatic rings. The molecule has 1 N–H and O–H groups in total. The van der Waals surface area contributed by atoms with Gasteiger partial charge in [0.25, 0.3) is 0 Å². The molecule has 0 amide bonds. The van der Waals surface area contributed by atoms with E-state index in [0.29, 0.717) is 0 Å². The number of hydrogen-bond acceptors (Lipinski definition) is 1. The molecule has 0 saturated heterocycles. The van der Waals surface area contributed by atoms with Gasteiger partial charge in [0.2, 0.25) is 6.33 Å². The van der Waals surface area contributed by atoms with Gasteiger partial charge in [-0.1, -0.05) is 0 Å². The fourth-order valence-corrected chi connectivity index (χ4v) is 0.428. The summed E-state index contributed by atoms with van der Waals surface area (Å²) in [6.45, 7) is 3.01. The van der Waals surface area contributed by atoms with Crippen molar-refractivity contribution in [1.82, 2.24) is 10.1 Å². The van der Waals surface area contributed by atoms with Crippen LogP contribution in [0.1, 0.15) is 6.92 Å². The number of halogens is 1. The second-order valence-electron chi connectivity index (χ2n) is 1.31. The lowest BCUT2D eigenvalue weighted by molar-refractivity contribution is -0.748. The molecule has 0 aromatic carbocycles. The number of aryl methyl sites for hydroxylation is 1. The standard InChI is InChI=1S/C4H7N3.HI/c1-2-7-4-5-3-6-7;/h3-4H,2H2,1H3;1H. The number of H-pyrrole nitrogens is 1. The van der Waals surface area contributed by atoms with E-state index in [1.165, 1.54) is 0 Å². The second kappa shape index (κ2) is 3.82. The summed E-state index contributed by atoms with van der Waals surface area (Å²) in [5.74, 6) is 0. The Morgan fingerprint density at radius 1 is 1.75 bits per heavy atom. The molecular weight excluding hydrogens is 217 g/mol. The van der Waals surface area contributed by atoms with Crippen LogP contribution in [0.15, 0.2) is 12.7 Å². The molecule has 4 heteroatoms. The van der Waals surface area contributed by atoms with Gasteiger partial charge in [0.1, 0.15) is 6.54 Å². The van der Waals surface area contributed by atoms with Crippen LogP contribution in [0.3, 0.4) is 0 Å². The molecule has 1 rings (SSSR count). The normalized spacial score (nSPS) is 8.12. The average Bonchev–Trinajstić information content (AvgIpc) is 2.14. The molecule has 0 bridgehead atoms. The predicted octanol–water partition coefficient (Wildman–Crippen LogP) is -3.28. The van der Waals surface area contributed by atoms with Crippen molar-refractivity contribution >= 4 is 0 Å². The van der Waals surface area contributed by atoms with Crippen molar-refractivity contribution < 1.29 is 28.7 Å². The van der Waals surface area contributed by atoms with Crippen LogP contribution in [0, 0.1) is 0 Å². The topological polar surface area (TPSA) is 32.6 Å². The number of aromatic amines is 1. The highest BCUT2D eigenvalue weighted by molar-refractivity contribution is 4.34. The monoisotopic (exact) mass is 225 g/mol. The zero-order valence-corrected chi connectivity index (χ0v) is 6.79. The van der Waals surface area contributed by atoms with Gasteiger partial charge < -0.3 is 24.0 Å². The summed E-state index contributed by atoms with van der Waals surface area (Å²) in [6.07, 6.45) is 3.41. The maximum absolute atomic E-state index is 3.80. The van der Waals surface area contributed by atoms with Gasteiger partial charge in [0, 0.05) is 0 Å². The first-order valence-electron chi connectivity index (χ1n) is 2.31. The van der Waals surface area contributed by atoms with E-state index in [2.05, 4.69) is 17.0 Å². The number of nitrogens with zero attached hydrogens (tertiary/aromatic N) is 2. The highest BCUT2D eigenvalue weighted by Crippen LogP contribution is 1.58. The minimum Gasteiger partial charge on any atom is -1.00 e. The second-order valence-corrected chi connectivity index (χ2v) is 1.31. The van der Waals surface area contributed by atoms with Crippen LogP contribution in [0.25, 0.3) is 0 Å². The molecule has 0 aliphatic heterocycles. The lowest BCUT2D eigenvalue weighted by Crippen LogP contribution is -3.00. The van der Waals surface area contributed by atoms with Crippen LogP contribution in [0.5, 0.6) is 0 Å². The third-order valence-electron chi connectivity index (χ3n) is 0.845. The van der Waals surface area contributed by atoms with Gasteiger partial charge >= 0.3 is 6.33 Å². The molecule has 1 heterocycles. The van der Waals surface area contributed by atoms with Crippen LogP contribution < -0.4 is 28.7 Å². The Kier molecular flexibility index (Phi) is 3.76. The van der Waals surface area contributed by atoms with Gasteiger partial charge in [0.05, 0.1) is 0 Å². The highest BCUT2D eigenvalue weighted by Gasteiger charge is 1.88. The third kappa shape index (κ3) is 1.77. The largest absolute Gasteiger partial charge is 1.00 e. The van der Waals surface area contributed by atoms with Gasteiger partial charge in [-0.3, -0.25) is 0 Å². The number of nitrogens with one attached hydrogen (secondary N) is 1. The smallest absolute Gasteiger partial charge is 0.306 e. The molecule has 0 fully saturated rings. The molecule has 46 valence electrons. The Morgan fingerprint density at radius 2 is 2.50 bits per heavy atom. The van der Waals surface area contributed by atoms with Crippen LogP contribution in [0.4, 0.5) is 0 Å². The maximum atomic E-state index is 3.80. The van der Waals surface area contributed by atoms with E-state index in [4.69, 9.17) is 0 Å². The molecule has 0 spiro atoms. The molecule has 0 radical (unpaired) electrons. The van der Waals surface area contributed by atoms with Crippen LogP contribution in [-0.4, -0.2) is 10.1 Å². The van der Waals surface area contributed by atoms with Crippen molar-refractivity contribution in [1.29, 1.82) is 0 Å². The summed E-state index contributed by atoms with van der Waals surface area (Å²) in [7, 11) is 0. The van der Waals surface area contributed by atoms with E-state index >= 15 is 0 Å². The minimum atomic E-state index is 0. The zero-order chi connectivity index (χ0) is 5.11. The van der Waals surface area contributed by atoms with E-state index in [0.717, 1.165) is 6.54 Å². The van der Waals surface area contributed by atoms with Gasteiger partial charge in [-0.25, -0.2) is 0 Å². The summed E-state index contributed by atoms with van der Waals surface area (Å²) in [5, 5.41) is 2.89. The van der Waals surface area contributed by atoms with Crippen molar-refractivity contribution in [2.24, 2.45) is 0 Å². The van der Waals surface area contributed by atoms with Crippen molar-refractivity contribution in [2.45, 2.75) is 13.5 Å². The van der Waals surface area contributed by atoms with Gasteiger partial charge in [-0.15, -0.1) is 0 Å². The minimum absolute atomic E-state index is 0. The van der Waals surface area contributed by atoms with Gasteiger partial charge in [-0.05, 0) is 11.9 Å². The predicted molar refractivity (Wildman–Crippen MR) is 24.5 cm³/mol. The molecule has 0 atom stereocenters. The lowest BCUT2D eigenvalue weighted by atomic mass is 10.8. The van der Waals surface area contributed by atoms with Crippen LogP contribution in [-0.2, 0) is 6.54 Å². The first kappa shape index (κ1) is 7.87. The van der Waals surface area contributed by atoms with E-state index < -0.39 is 0 Å². The Morgan fingerprint density at radius 3 is 2.75 bits per heavy atom. The van der Waals surface area contributed by atoms with Crippen molar-refractivity contribution in [3.05, 3.63) is 12.7 Å². The maximum Gasteiger partial charge on any atom is 0.306 e. The Bertz CT molecular complexity index is 126. The molecule has 1 aromatic heterocycles. The molecule has 0 aliphatic carbocycles. The molecule has 0 aliphatic rings. The summed E-state index contributed by atoms with van der Waals surface area (Å²) >= 11 is 0. The van der Waals surface area contributed by atoms with Gasteiger partial charge in [0.15, 0.2) is 0 Å². The highest BCUT2D eigenvalue weighted by atomic mass is 127. The Labute approximate surface area is 65.1 Å². The Hall–Kier alpha value is -0.130. The molecule has 8 heavy (non-hydrogen) atoms. The fourth-order valence-electron chi connectivity index (χ4n) is 0.428. The van der Waals surface area contributed by atoms with E-state index in [-0.39, 0.29) is 24.0 Å². The first-order chi connectivity index (χ1) is 3.43. The fraction of sp³-hybridized carbons (Fsp3) is 0.500. The molecule has 0 saturated carbocycles. The quantitative estimate of drug-likeness (QED) is 0.394. The lowest BCUT2D eigenvalue weighted by Gasteiger charge is -1.78. The van der Waals surface area contributed by atoms with E-state index in [1.54, 1.807) is 12.7 Å². The van der Waals surface area contributed by atoms with E-state index in [1.807, 2.05) is 4.68 Å². The number of aromatic nitrogens is 3. The van der Waals surface area contributed by atoms with Gasteiger partial charge in [-0.2, -0.15) is 9.78 Å². The molecular formula is C4H8IN3. The van der Waals surface area contributed by atoms with Crippen molar-refractivity contribution in [3.63, 3.8) is 0 Å². The summed E-state index contributed by atoms with van der Waals surface area (Å²) in [4.78, 5) is 3.80. The van der Waals surface area contributed by atoms with E-state index in [9.17, 15) is 0 Å². The summed E-state index contributed by atoms with van der Waals surface area (Å²) < 4.78 is 1.89. The average molecular weight is 225 g/mol. The zero-order valence-electron chi connectivity index (χ0n) is 4.63. The van der Waals surface area contributed by atoms with Crippen LogP contribution >= 0.6 is 0 Å². The first-order valence-corrected chi connectivity index (χ1v) is 2.31. The van der Waals surface area contributed by atoms with Crippen molar-refractivity contribution in [3.8, 4) is 0 Å². The molecule has 0 unspecified atom stereocenters. The Balaban J connectivity index is 0.000000490. The summed E-state index contributed by atoms with van der Waals surface area (Å²) in [5.41, 5.74) is 0. The number of hydrogen-bond donors (Lipinski definition) is 1.